The molecule has 4 rings (SSSR count). The fourth-order valence-corrected chi connectivity index (χ4v) is 5.73. The molecule has 0 unspecified atom stereocenters. The van der Waals surface area contributed by atoms with Crippen molar-refractivity contribution < 1.29 is 22.7 Å². The van der Waals surface area contributed by atoms with Crippen LogP contribution in [0.5, 0.6) is 5.75 Å². The molecule has 1 amide bonds. The van der Waals surface area contributed by atoms with Crippen molar-refractivity contribution in [2.24, 2.45) is 0 Å². The highest BCUT2D eigenvalue weighted by molar-refractivity contribution is 7.91. The van der Waals surface area contributed by atoms with Crippen LogP contribution in [0.3, 0.4) is 0 Å². The molecule has 1 fully saturated rings. The number of likely N-dealkylation sites (tertiary alicyclic amines) is 1. The minimum atomic E-state index is -3.13. The van der Waals surface area contributed by atoms with Gasteiger partial charge in [-0.3, -0.25) is 0 Å². The van der Waals surface area contributed by atoms with Crippen LogP contribution in [-0.4, -0.2) is 53.8 Å². The number of halogens is 3. The summed E-state index contributed by atoms with van der Waals surface area (Å²) in [6.07, 6.45) is 2.68. The number of fused-ring (bicyclic) bond motifs is 1. The molecule has 36 heavy (non-hydrogen) atoms. The average molecular weight is 575 g/mol. The SMILES string of the molecule is CC(C)S(=O)(=O)Cc1ccc(-c2ccc3c(c2)CCC2(CCN(C(=O)OCC(Cl)(Cl)Cl)CC2)O3)cc1. The lowest BCUT2D eigenvalue weighted by Crippen LogP contribution is -2.51. The number of ether oxygens (including phenoxy) is 2. The van der Waals surface area contributed by atoms with E-state index >= 15 is 0 Å². The Labute approximate surface area is 227 Å². The molecule has 2 heterocycles. The topological polar surface area (TPSA) is 72.9 Å². The highest BCUT2D eigenvalue weighted by atomic mass is 35.6. The Morgan fingerprint density at radius 1 is 1.06 bits per heavy atom. The minimum absolute atomic E-state index is 0.0487. The first kappa shape index (κ1) is 27.4. The van der Waals surface area contributed by atoms with Gasteiger partial charge in [-0.1, -0.05) is 65.1 Å². The largest absolute Gasteiger partial charge is 0.487 e. The summed E-state index contributed by atoms with van der Waals surface area (Å²) >= 11 is 17.0. The van der Waals surface area contributed by atoms with Gasteiger partial charge < -0.3 is 14.4 Å². The molecule has 0 radical (unpaired) electrons. The number of amides is 1. The van der Waals surface area contributed by atoms with Gasteiger partial charge in [0.15, 0.2) is 9.84 Å². The molecule has 2 aromatic rings. The van der Waals surface area contributed by atoms with Crippen LogP contribution in [0.4, 0.5) is 4.79 Å². The first-order chi connectivity index (χ1) is 16.9. The molecule has 1 saturated heterocycles. The van der Waals surface area contributed by atoms with E-state index < -0.39 is 25.0 Å². The number of hydrogen-bond donors (Lipinski definition) is 0. The molecular formula is C26H30Cl3NO5S. The van der Waals surface area contributed by atoms with Gasteiger partial charge in [-0.2, -0.15) is 0 Å². The van der Waals surface area contributed by atoms with E-state index in [1.54, 1.807) is 18.7 Å². The Morgan fingerprint density at radius 2 is 1.69 bits per heavy atom. The van der Waals surface area contributed by atoms with Gasteiger partial charge in [-0.15, -0.1) is 0 Å². The first-order valence-electron chi connectivity index (χ1n) is 12.0. The smallest absolute Gasteiger partial charge is 0.409 e. The lowest BCUT2D eigenvalue weighted by Gasteiger charge is -2.44. The van der Waals surface area contributed by atoms with Gasteiger partial charge in [-0.05, 0) is 61.1 Å². The maximum absolute atomic E-state index is 12.3. The third-order valence-corrected chi connectivity index (χ3v) is 9.40. The second kappa shape index (κ2) is 10.6. The second-order valence-electron chi connectivity index (χ2n) is 9.82. The number of aryl methyl sites for hydroxylation is 1. The average Bonchev–Trinajstić information content (AvgIpc) is 2.82. The molecule has 6 nitrogen and oxygen atoms in total. The zero-order valence-electron chi connectivity index (χ0n) is 20.3. The summed E-state index contributed by atoms with van der Waals surface area (Å²) in [5, 5.41) is -0.393. The van der Waals surface area contributed by atoms with Crippen molar-refractivity contribution >= 4 is 50.7 Å². The molecule has 1 spiro atoms. The van der Waals surface area contributed by atoms with E-state index in [0.29, 0.717) is 25.9 Å². The van der Waals surface area contributed by atoms with E-state index in [1.807, 2.05) is 36.4 Å². The fourth-order valence-electron chi connectivity index (χ4n) is 4.58. The summed E-state index contributed by atoms with van der Waals surface area (Å²) in [5.41, 5.74) is 3.74. The van der Waals surface area contributed by atoms with E-state index in [9.17, 15) is 13.2 Å². The van der Waals surface area contributed by atoms with Crippen molar-refractivity contribution in [1.29, 1.82) is 0 Å². The number of benzene rings is 2. The van der Waals surface area contributed by atoms with Gasteiger partial charge in [0.25, 0.3) is 0 Å². The van der Waals surface area contributed by atoms with Crippen molar-refractivity contribution in [3.05, 3.63) is 53.6 Å². The van der Waals surface area contributed by atoms with E-state index in [2.05, 4.69) is 6.07 Å². The molecular weight excluding hydrogens is 545 g/mol. The third-order valence-electron chi connectivity index (χ3n) is 6.90. The van der Waals surface area contributed by atoms with Gasteiger partial charge >= 0.3 is 6.09 Å². The lowest BCUT2D eigenvalue weighted by molar-refractivity contribution is -0.0141. The number of alkyl halides is 3. The molecule has 2 aliphatic heterocycles. The maximum Gasteiger partial charge on any atom is 0.409 e. The van der Waals surface area contributed by atoms with Crippen molar-refractivity contribution in [2.45, 2.75) is 59.9 Å². The Morgan fingerprint density at radius 3 is 2.31 bits per heavy atom. The van der Waals surface area contributed by atoms with Crippen molar-refractivity contribution in [2.75, 3.05) is 19.7 Å². The van der Waals surface area contributed by atoms with Gasteiger partial charge in [0.2, 0.25) is 3.79 Å². The van der Waals surface area contributed by atoms with Gasteiger partial charge in [0.05, 0.1) is 11.0 Å². The third kappa shape index (κ3) is 6.60. The summed E-state index contributed by atoms with van der Waals surface area (Å²) < 4.78 is 34.4. The van der Waals surface area contributed by atoms with Crippen LogP contribution in [0.1, 0.15) is 44.2 Å². The van der Waals surface area contributed by atoms with Crippen molar-refractivity contribution in [1.82, 2.24) is 4.90 Å². The van der Waals surface area contributed by atoms with Crippen molar-refractivity contribution in [3.63, 3.8) is 0 Å². The van der Waals surface area contributed by atoms with Gasteiger partial charge in [0, 0.05) is 25.9 Å². The van der Waals surface area contributed by atoms with Crippen LogP contribution in [0, 0.1) is 0 Å². The molecule has 0 bridgehead atoms. The number of carbonyl (C=O) groups is 1. The molecule has 196 valence electrons. The number of rotatable bonds is 5. The van der Waals surface area contributed by atoms with E-state index in [4.69, 9.17) is 44.3 Å². The number of piperidine rings is 1. The molecule has 10 heteroatoms. The Kier molecular flexibility index (Phi) is 8.06. The fraction of sp³-hybridized carbons (Fsp3) is 0.500. The van der Waals surface area contributed by atoms with Crippen molar-refractivity contribution in [3.8, 4) is 16.9 Å². The molecule has 0 aromatic heterocycles. The lowest BCUT2D eigenvalue weighted by atomic mass is 9.82. The minimum Gasteiger partial charge on any atom is -0.487 e. The Hall–Kier alpha value is -1.67. The molecule has 0 atom stereocenters. The summed E-state index contributed by atoms with van der Waals surface area (Å²) in [6.45, 7) is 4.16. The summed E-state index contributed by atoms with van der Waals surface area (Å²) in [4.78, 5) is 13.9. The standard InChI is InChI=1S/C26H30Cl3NO5S/c1-18(2)36(32,33)16-19-3-5-20(6-4-19)21-7-8-23-22(15-21)9-10-25(35-23)11-13-30(14-12-25)24(31)34-17-26(27,28)29/h3-8,15,18H,9-14,16-17H2,1-2H3. The van der Waals surface area contributed by atoms with Crippen LogP contribution in [0.2, 0.25) is 0 Å². The van der Waals surface area contributed by atoms with E-state index in [0.717, 1.165) is 40.8 Å². The summed E-state index contributed by atoms with van der Waals surface area (Å²) in [5.74, 6) is 0.921. The molecule has 2 aromatic carbocycles. The quantitative estimate of drug-likeness (QED) is 0.390. The Bertz CT molecular complexity index is 1200. The predicted octanol–water partition coefficient (Wildman–Crippen LogP) is 6.34. The van der Waals surface area contributed by atoms with Crippen LogP contribution in [0.25, 0.3) is 11.1 Å². The number of carbonyl (C=O) groups excluding carboxylic acids is 1. The molecule has 0 aliphatic carbocycles. The molecule has 2 aliphatic rings. The van der Waals surface area contributed by atoms with E-state index in [1.165, 1.54) is 0 Å². The summed E-state index contributed by atoms with van der Waals surface area (Å²) in [6, 6.07) is 13.9. The van der Waals surface area contributed by atoms with Gasteiger partial charge in [-0.25, -0.2) is 13.2 Å². The second-order valence-corrected chi connectivity index (χ2v) is 14.9. The maximum atomic E-state index is 12.3. The zero-order chi connectivity index (χ0) is 26.1. The zero-order valence-corrected chi connectivity index (χ0v) is 23.4. The highest BCUT2D eigenvalue weighted by Crippen LogP contribution is 2.41. The van der Waals surface area contributed by atoms with Crippen LogP contribution >= 0.6 is 34.8 Å². The normalized spacial score (nSPS) is 17.6. The van der Waals surface area contributed by atoms with Crippen LogP contribution in [0.15, 0.2) is 42.5 Å². The Balaban J connectivity index is 1.38. The number of hydrogen-bond acceptors (Lipinski definition) is 5. The number of sulfone groups is 1. The van der Waals surface area contributed by atoms with Crippen LogP contribution < -0.4 is 4.74 Å². The van der Waals surface area contributed by atoms with Crippen LogP contribution in [-0.2, 0) is 26.7 Å². The predicted molar refractivity (Wildman–Crippen MR) is 144 cm³/mol. The van der Waals surface area contributed by atoms with Gasteiger partial charge in [0.1, 0.15) is 18.0 Å². The highest BCUT2D eigenvalue weighted by Gasteiger charge is 2.41. The molecule has 0 N–H and O–H groups in total. The summed E-state index contributed by atoms with van der Waals surface area (Å²) in [7, 11) is -3.13. The van der Waals surface area contributed by atoms with E-state index in [-0.39, 0.29) is 18.0 Å². The first-order valence-corrected chi connectivity index (χ1v) is 14.8. The monoisotopic (exact) mass is 573 g/mol. The number of nitrogens with zero attached hydrogens (tertiary/aromatic N) is 1. The molecule has 0 saturated carbocycles.